The van der Waals surface area contributed by atoms with E-state index in [1.807, 2.05) is 17.8 Å². The molecule has 0 aliphatic carbocycles. The highest BCUT2D eigenvalue weighted by Gasteiger charge is 1.94. The number of allylic oxidation sites excluding steroid dienone is 1. The molecule has 0 aliphatic heterocycles. The second-order valence-corrected chi connectivity index (χ2v) is 4.05. The van der Waals surface area contributed by atoms with E-state index in [1.165, 1.54) is 25.0 Å². The maximum Gasteiger partial charge on any atom is -0.00672 e. The van der Waals surface area contributed by atoms with Crippen molar-refractivity contribution in [1.82, 2.24) is 0 Å². The first kappa shape index (κ1) is 11.1. The van der Waals surface area contributed by atoms with Crippen LogP contribution in [0.25, 0.3) is 0 Å². The summed E-state index contributed by atoms with van der Waals surface area (Å²) >= 11 is 1.93. The van der Waals surface area contributed by atoms with Crippen molar-refractivity contribution >= 4 is 11.8 Å². The summed E-state index contributed by atoms with van der Waals surface area (Å²) in [7, 11) is 0. The Morgan fingerprint density at radius 3 is 2.73 bits per heavy atom. The van der Waals surface area contributed by atoms with Crippen molar-refractivity contribution < 1.29 is 0 Å². The standard InChI is InChI=1S/C10H19S/c1-4-10(3)8-6-7-9-11-5-2/h4,10H,1-2,5-9H2,3H3. The smallest absolute Gasteiger partial charge is 0.00672 e. The predicted molar refractivity (Wildman–Crippen MR) is 55.9 cm³/mol. The van der Waals surface area contributed by atoms with Crippen molar-refractivity contribution in [3.05, 3.63) is 19.6 Å². The monoisotopic (exact) mass is 171 g/mol. The number of hydrogen-bond acceptors (Lipinski definition) is 1. The van der Waals surface area contributed by atoms with Crippen LogP contribution in [0.15, 0.2) is 12.7 Å². The minimum Gasteiger partial charge on any atom is -0.162 e. The van der Waals surface area contributed by atoms with Crippen molar-refractivity contribution in [2.45, 2.75) is 26.2 Å². The van der Waals surface area contributed by atoms with E-state index in [0.29, 0.717) is 5.92 Å². The first-order valence-corrected chi connectivity index (χ1v) is 5.46. The van der Waals surface area contributed by atoms with Gasteiger partial charge in [0, 0.05) is 0 Å². The van der Waals surface area contributed by atoms with Crippen LogP contribution in [0.4, 0.5) is 0 Å². The zero-order chi connectivity index (χ0) is 8.53. The molecule has 65 valence electrons. The lowest BCUT2D eigenvalue weighted by molar-refractivity contribution is 0.601. The normalized spacial score (nSPS) is 12.9. The van der Waals surface area contributed by atoms with E-state index in [4.69, 9.17) is 0 Å². The van der Waals surface area contributed by atoms with Gasteiger partial charge in [-0.3, -0.25) is 0 Å². The van der Waals surface area contributed by atoms with Gasteiger partial charge in [0.1, 0.15) is 0 Å². The number of unbranched alkanes of at least 4 members (excludes halogenated alkanes) is 1. The van der Waals surface area contributed by atoms with Crippen molar-refractivity contribution in [2.75, 3.05) is 11.5 Å². The van der Waals surface area contributed by atoms with Gasteiger partial charge >= 0.3 is 0 Å². The van der Waals surface area contributed by atoms with E-state index in [1.54, 1.807) is 0 Å². The molecular weight excluding hydrogens is 152 g/mol. The minimum absolute atomic E-state index is 0.694. The average Bonchev–Trinajstić information content (AvgIpc) is 2.04. The summed E-state index contributed by atoms with van der Waals surface area (Å²) in [6, 6.07) is 0. The molecule has 1 heteroatoms. The summed E-state index contributed by atoms with van der Waals surface area (Å²) in [6.45, 7) is 9.77. The van der Waals surface area contributed by atoms with E-state index in [0.717, 1.165) is 5.75 Å². The molecule has 0 aromatic rings. The van der Waals surface area contributed by atoms with Crippen molar-refractivity contribution in [2.24, 2.45) is 5.92 Å². The molecule has 0 fully saturated rings. The molecule has 0 nitrogen and oxygen atoms in total. The molecule has 0 aromatic heterocycles. The van der Waals surface area contributed by atoms with Crippen LogP contribution >= 0.6 is 11.8 Å². The highest BCUT2D eigenvalue weighted by Crippen LogP contribution is 2.10. The molecule has 0 saturated carbocycles. The largest absolute Gasteiger partial charge is 0.162 e. The molecule has 0 N–H and O–H groups in total. The molecule has 11 heavy (non-hydrogen) atoms. The minimum atomic E-state index is 0.694. The Bertz CT molecular complexity index is 88.9. The summed E-state index contributed by atoms with van der Waals surface area (Å²) in [5, 5.41) is 0. The third-order valence-corrected chi connectivity index (χ3v) is 2.61. The molecule has 1 radical (unpaired) electrons. The van der Waals surface area contributed by atoms with Crippen molar-refractivity contribution in [3.63, 3.8) is 0 Å². The lowest BCUT2D eigenvalue weighted by Gasteiger charge is -2.03. The summed E-state index contributed by atoms with van der Waals surface area (Å²) in [6.07, 6.45) is 5.99. The van der Waals surface area contributed by atoms with Gasteiger partial charge in [-0.15, -0.1) is 6.58 Å². The molecule has 0 bridgehead atoms. The molecule has 0 aliphatic rings. The van der Waals surface area contributed by atoms with Gasteiger partial charge in [0.2, 0.25) is 0 Å². The van der Waals surface area contributed by atoms with Gasteiger partial charge in [-0.2, -0.15) is 11.8 Å². The van der Waals surface area contributed by atoms with E-state index < -0.39 is 0 Å². The fraction of sp³-hybridized carbons (Fsp3) is 0.700. The summed E-state index contributed by atoms with van der Waals surface area (Å²) < 4.78 is 0. The highest BCUT2D eigenvalue weighted by molar-refractivity contribution is 7.99. The van der Waals surface area contributed by atoms with Crippen LogP contribution < -0.4 is 0 Å². The Hall–Kier alpha value is 0.0900. The topological polar surface area (TPSA) is 0 Å². The number of rotatable bonds is 7. The average molecular weight is 171 g/mol. The van der Waals surface area contributed by atoms with Gasteiger partial charge in [0.05, 0.1) is 0 Å². The van der Waals surface area contributed by atoms with Gasteiger partial charge in [0.25, 0.3) is 0 Å². The van der Waals surface area contributed by atoms with Gasteiger partial charge in [-0.25, -0.2) is 0 Å². The first-order chi connectivity index (χ1) is 5.31. The third-order valence-electron chi connectivity index (χ3n) is 1.74. The maximum absolute atomic E-state index is 3.78. The first-order valence-electron chi connectivity index (χ1n) is 4.30. The highest BCUT2D eigenvalue weighted by atomic mass is 32.2. The second-order valence-electron chi connectivity index (χ2n) is 2.82. The predicted octanol–water partition coefficient (Wildman–Crippen LogP) is 3.55. The molecule has 0 saturated heterocycles. The molecule has 0 heterocycles. The van der Waals surface area contributed by atoms with Crippen LogP contribution in [0.3, 0.4) is 0 Å². The lowest BCUT2D eigenvalue weighted by Crippen LogP contribution is -1.89. The summed E-state index contributed by atoms with van der Waals surface area (Å²) in [4.78, 5) is 0. The number of thioether (sulfide) groups is 1. The van der Waals surface area contributed by atoms with Crippen LogP contribution in [0.1, 0.15) is 26.2 Å². The Balaban J connectivity index is 2.95. The third kappa shape index (κ3) is 7.99. The number of hydrogen-bond donors (Lipinski definition) is 0. The lowest BCUT2D eigenvalue weighted by atomic mass is 10.1. The molecular formula is C10H19S. The Morgan fingerprint density at radius 1 is 1.45 bits per heavy atom. The van der Waals surface area contributed by atoms with Crippen LogP contribution in [0.5, 0.6) is 0 Å². The second kappa shape index (κ2) is 8.19. The summed E-state index contributed by atoms with van der Waals surface area (Å²) in [5.74, 6) is 2.98. The van der Waals surface area contributed by atoms with Gasteiger partial charge in [0.15, 0.2) is 0 Å². The Morgan fingerprint density at radius 2 is 2.18 bits per heavy atom. The molecule has 0 spiro atoms. The van der Waals surface area contributed by atoms with E-state index in [-0.39, 0.29) is 0 Å². The zero-order valence-corrected chi connectivity index (χ0v) is 8.33. The van der Waals surface area contributed by atoms with Gasteiger partial charge < -0.3 is 0 Å². The molecule has 0 aromatic carbocycles. The van der Waals surface area contributed by atoms with E-state index in [2.05, 4.69) is 20.4 Å². The Kier molecular flexibility index (Phi) is 8.26. The SMILES string of the molecule is [CH2]CSCCCCC(C)C=C. The fourth-order valence-electron chi connectivity index (χ4n) is 0.890. The summed E-state index contributed by atoms with van der Waals surface area (Å²) in [5.41, 5.74) is 0. The Labute approximate surface area is 75.5 Å². The fourth-order valence-corrected chi connectivity index (χ4v) is 1.50. The van der Waals surface area contributed by atoms with Gasteiger partial charge in [-0.1, -0.05) is 19.4 Å². The van der Waals surface area contributed by atoms with Gasteiger partial charge in [-0.05, 0) is 37.2 Å². The van der Waals surface area contributed by atoms with Crippen LogP contribution in [-0.4, -0.2) is 11.5 Å². The zero-order valence-electron chi connectivity index (χ0n) is 7.51. The maximum atomic E-state index is 3.78. The van der Waals surface area contributed by atoms with E-state index >= 15 is 0 Å². The van der Waals surface area contributed by atoms with Crippen LogP contribution in [0, 0.1) is 12.8 Å². The van der Waals surface area contributed by atoms with Crippen LogP contribution in [0.2, 0.25) is 0 Å². The van der Waals surface area contributed by atoms with Crippen molar-refractivity contribution in [1.29, 1.82) is 0 Å². The molecule has 1 unspecified atom stereocenters. The quantitative estimate of drug-likeness (QED) is 0.417. The molecule has 0 rings (SSSR count). The van der Waals surface area contributed by atoms with Crippen LogP contribution in [-0.2, 0) is 0 Å². The van der Waals surface area contributed by atoms with E-state index in [9.17, 15) is 0 Å². The van der Waals surface area contributed by atoms with Crippen molar-refractivity contribution in [3.8, 4) is 0 Å². The molecule has 1 atom stereocenters. The molecule has 0 amide bonds.